The van der Waals surface area contributed by atoms with Gasteiger partial charge in [-0.2, -0.15) is 0 Å². The average Bonchev–Trinajstić information content (AvgIpc) is 3.42. The predicted molar refractivity (Wildman–Crippen MR) is 301 cm³/mol. The lowest BCUT2D eigenvalue weighted by atomic mass is 9.93. The van der Waals surface area contributed by atoms with Crippen molar-refractivity contribution < 1.29 is 0 Å². The smallest absolute Gasteiger partial charge is 0.0540 e. The second kappa shape index (κ2) is 15.1. The van der Waals surface area contributed by atoms with Crippen LogP contribution in [0.5, 0.6) is 0 Å². The maximum atomic E-state index is 2.49. The summed E-state index contributed by atoms with van der Waals surface area (Å²) >= 11 is 0. The van der Waals surface area contributed by atoms with E-state index in [4.69, 9.17) is 0 Å². The molecule has 0 N–H and O–H groups in total. The van der Waals surface area contributed by atoms with Crippen LogP contribution in [-0.2, 0) is 0 Å². The molecule has 0 heterocycles. The standard InChI is InChI=1S/C68H42N2/c1-3-19-58-43(11-1)13-9-23-62(58)69(55-39-50-29-25-46-15-7-16-47-26-30-51(40-55)67(50)65(46)47)54-35-33-45(34-36-54)57-37-38-64(61-22-6-5-21-60(57)61)70(63-24-10-14-44-12-2-4-20-59(44)63)56-41-52-31-27-48-17-8-18-49-28-32-53(42-56)68(52)66(48)49/h1-42H. The highest BCUT2D eigenvalue weighted by molar-refractivity contribution is 6.25. The van der Waals surface area contributed by atoms with Gasteiger partial charge in [0.2, 0.25) is 0 Å². The molecule has 0 atom stereocenters. The Kier molecular flexibility index (Phi) is 8.39. The molecule has 15 rings (SSSR count). The molecule has 15 aromatic rings. The van der Waals surface area contributed by atoms with E-state index in [-0.39, 0.29) is 0 Å². The summed E-state index contributed by atoms with van der Waals surface area (Å²) in [5, 5.41) is 22.6. The first-order valence-electron chi connectivity index (χ1n) is 24.2. The minimum Gasteiger partial charge on any atom is -0.310 e. The first-order chi connectivity index (χ1) is 34.7. The van der Waals surface area contributed by atoms with Crippen LogP contribution in [0.15, 0.2) is 255 Å². The molecule has 0 spiro atoms. The Balaban J connectivity index is 0.897. The van der Waals surface area contributed by atoms with Crippen LogP contribution < -0.4 is 9.80 Å². The molecule has 0 amide bonds. The molecule has 15 aromatic carbocycles. The van der Waals surface area contributed by atoms with Crippen LogP contribution in [0.1, 0.15) is 0 Å². The van der Waals surface area contributed by atoms with Crippen LogP contribution in [0.25, 0.3) is 108 Å². The van der Waals surface area contributed by atoms with Gasteiger partial charge in [-0.15, -0.1) is 0 Å². The molecule has 0 aliphatic heterocycles. The summed E-state index contributed by atoms with van der Waals surface area (Å²) < 4.78 is 0. The third kappa shape index (κ3) is 5.87. The molecule has 0 radical (unpaired) electrons. The molecule has 0 aliphatic carbocycles. The van der Waals surface area contributed by atoms with Crippen LogP contribution in [0, 0.1) is 0 Å². The van der Waals surface area contributed by atoms with Gasteiger partial charge >= 0.3 is 0 Å². The van der Waals surface area contributed by atoms with Gasteiger partial charge < -0.3 is 9.80 Å². The molecule has 70 heavy (non-hydrogen) atoms. The second-order valence-electron chi connectivity index (χ2n) is 18.8. The van der Waals surface area contributed by atoms with E-state index in [1.807, 2.05) is 0 Å². The number of fused-ring (bicyclic) bond motifs is 3. The van der Waals surface area contributed by atoms with Crippen molar-refractivity contribution in [3.63, 3.8) is 0 Å². The first kappa shape index (κ1) is 38.8. The number of hydrogen-bond acceptors (Lipinski definition) is 2. The largest absolute Gasteiger partial charge is 0.310 e. The molecule has 2 heteroatoms. The van der Waals surface area contributed by atoms with Crippen LogP contribution in [-0.4, -0.2) is 0 Å². The van der Waals surface area contributed by atoms with Crippen molar-refractivity contribution in [3.05, 3.63) is 255 Å². The summed E-state index contributed by atoms with van der Waals surface area (Å²) in [6.07, 6.45) is 0. The van der Waals surface area contributed by atoms with Crippen molar-refractivity contribution in [2.24, 2.45) is 0 Å². The molecule has 0 bridgehead atoms. The Bertz CT molecular complexity index is 4410. The van der Waals surface area contributed by atoms with Gasteiger partial charge in [0.05, 0.1) is 17.1 Å². The number of anilines is 6. The van der Waals surface area contributed by atoms with Crippen molar-refractivity contribution in [3.8, 4) is 11.1 Å². The van der Waals surface area contributed by atoms with Crippen LogP contribution in [0.2, 0.25) is 0 Å². The van der Waals surface area contributed by atoms with Crippen molar-refractivity contribution in [1.82, 2.24) is 0 Å². The molecule has 0 fully saturated rings. The number of benzene rings is 15. The zero-order chi connectivity index (χ0) is 45.9. The fraction of sp³-hybridized carbons (Fsp3) is 0. The van der Waals surface area contributed by atoms with E-state index in [9.17, 15) is 0 Å². The predicted octanol–water partition coefficient (Wildman–Crippen LogP) is 19.5. The van der Waals surface area contributed by atoms with Gasteiger partial charge in [0.25, 0.3) is 0 Å². The minimum absolute atomic E-state index is 1.10. The van der Waals surface area contributed by atoms with Crippen molar-refractivity contribution in [1.29, 1.82) is 0 Å². The Hall–Kier alpha value is -9.24. The third-order valence-electron chi connectivity index (χ3n) is 15.0. The summed E-state index contributed by atoms with van der Waals surface area (Å²) in [6, 6.07) is 94.6. The molecule has 0 aliphatic rings. The van der Waals surface area contributed by atoms with Crippen LogP contribution in [0.4, 0.5) is 34.1 Å². The zero-order valence-electron chi connectivity index (χ0n) is 38.1. The molecule has 324 valence electrons. The normalized spacial score (nSPS) is 12.0. The van der Waals surface area contributed by atoms with Gasteiger partial charge in [0.1, 0.15) is 0 Å². The second-order valence-corrected chi connectivity index (χ2v) is 18.8. The van der Waals surface area contributed by atoms with E-state index in [2.05, 4.69) is 265 Å². The Morgan fingerprint density at radius 2 is 0.557 bits per heavy atom. The van der Waals surface area contributed by atoms with Gasteiger partial charge in [-0.1, -0.05) is 200 Å². The summed E-state index contributed by atoms with van der Waals surface area (Å²) in [5.41, 5.74) is 9.15. The lowest BCUT2D eigenvalue weighted by Crippen LogP contribution is -2.11. The van der Waals surface area contributed by atoms with E-state index in [1.54, 1.807) is 0 Å². The fourth-order valence-electron chi connectivity index (χ4n) is 11.9. The molecule has 0 saturated heterocycles. The Labute approximate surface area is 404 Å². The Morgan fingerprint density at radius 3 is 1.07 bits per heavy atom. The zero-order valence-corrected chi connectivity index (χ0v) is 38.1. The average molecular weight is 887 g/mol. The monoisotopic (exact) mass is 886 g/mol. The third-order valence-corrected chi connectivity index (χ3v) is 15.0. The van der Waals surface area contributed by atoms with Crippen LogP contribution >= 0.6 is 0 Å². The molecule has 0 saturated carbocycles. The lowest BCUT2D eigenvalue weighted by Gasteiger charge is -2.29. The highest BCUT2D eigenvalue weighted by Crippen LogP contribution is 2.48. The number of hydrogen-bond donors (Lipinski definition) is 0. The molecule has 2 nitrogen and oxygen atoms in total. The van der Waals surface area contributed by atoms with Crippen molar-refractivity contribution >= 4 is 131 Å². The fourth-order valence-corrected chi connectivity index (χ4v) is 11.9. The SMILES string of the molecule is c1ccc2c(N(c3ccc(-c4ccc(N(c5cc6ccc7cccc8ccc(c5)c6c78)c5cccc6ccccc56)c5ccccc45)cc3)c3cc4ccc5cccc6ccc(c3)c4c56)cccc2c1. The van der Waals surface area contributed by atoms with Crippen molar-refractivity contribution in [2.45, 2.75) is 0 Å². The maximum absolute atomic E-state index is 2.49. The summed E-state index contributed by atoms with van der Waals surface area (Å²) in [4.78, 5) is 4.93. The van der Waals surface area contributed by atoms with Gasteiger partial charge in [-0.3, -0.25) is 0 Å². The Morgan fingerprint density at radius 1 is 0.200 bits per heavy atom. The summed E-state index contributed by atoms with van der Waals surface area (Å²) in [6.45, 7) is 0. The van der Waals surface area contributed by atoms with Gasteiger partial charge in [-0.05, 0) is 147 Å². The van der Waals surface area contributed by atoms with E-state index < -0.39 is 0 Å². The van der Waals surface area contributed by atoms with Crippen molar-refractivity contribution in [2.75, 3.05) is 9.80 Å². The number of rotatable bonds is 7. The maximum Gasteiger partial charge on any atom is 0.0540 e. The minimum atomic E-state index is 1.10. The highest BCUT2D eigenvalue weighted by atomic mass is 15.2. The lowest BCUT2D eigenvalue weighted by molar-refractivity contribution is 1.31. The molecule has 0 aromatic heterocycles. The highest BCUT2D eigenvalue weighted by Gasteiger charge is 2.23. The molecule has 0 unspecified atom stereocenters. The first-order valence-corrected chi connectivity index (χ1v) is 24.2. The van der Waals surface area contributed by atoms with Gasteiger partial charge in [0.15, 0.2) is 0 Å². The van der Waals surface area contributed by atoms with E-state index in [1.165, 1.54) is 108 Å². The summed E-state index contributed by atoms with van der Waals surface area (Å²) in [5.74, 6) is 0. The van der Waals surface area contributed by atoms with Crippen LogP contribution in [0.3, 0.4) is 0 Å². The molecular weight excluding hydrogens is 845 g/mol. The van der Waals surface area contributed by atoms with E-state index in [0.29, 0.717) is 0 Å². The number of nitrogens with zero attached hydrogens (tertiary/aromatic N) is 2. The van der Waals surface area contributed by atoms with E-state index in [0.717, 1.165) is 34.1 Å². The molecular formula is C68H42N2. The van der Waals surface area contributed by atoms with Gasteiger partial charge in [-0.25, -0.2) is 0 Å². The quantitative estimate of drug-likeness (QED) is 0.147. The van der Waals surface area contributed by atoms with E-state index >= 15 is 0 Å². The summed E-state index contributed by atoms with van der Waals surface area (Å²) in [7, 11) is 0. The van der Waals surface area contributed by atoms with Gasteiger partial charge in [0, 0.05) is 33.2 Å². The topological polar surface area (TPSA) is 6.48 Å².